The Morgan fingerprint density at radius 3 is 2.97 bits per heavy atom. The van der Waals surface area contributed by atoms with Crippen LogP contribution in [0, 0.1) is 16.7 Å². The lowest BCUT2D eigenvalue weighted by molar-refractivity contribution is -0.129. The number of aliphatic hydroxyl groups is 1. The zero-order valence-corrected chi connectivity index (χ0v) is 20.8. The number of anilines is 1. The number of aliphatic hydroxyl groups excluding tert-OH is 1. The highest BCUT2D eigenvalue weighted by Crippen LogP contribution is 2.39. The molecule has 2 aromatic heterocycles. The lowest BCUT2D eigenvalue weighted by atomic mass is 9.87. The molecule has 2 heterocycles. The maximum atomic E-state index is 12.2. The number of carbonyl (C=O) groups is 1. The van der Waals surface area contributed by atoms with E-state index in [4.69, 9.17) is 9.72 Å². The number of hydrogen-bond acceptors (Lipinski definition) is 8. The van der Waals surface area contributed by atoms with Gasteiger partial charge in [0.15, 0.2) is 5.65 Å². The zero-order chi connectivity index (χ0) is 24.5. The van der Waals surface area contributed by atoms with Crippen molar-refractivity contribution in [2.75, 3.05) is 19.0 Å². The summed E-state index contributed by atoms with van der Waals surface area (Å²) in [4.78, 5) is 21.4. The number of hydrogen-bond donors (Lipinski definition) is 3. The van der Waals surface area contributed by atoms with E-state index in [1.165, 1.54) is 0 Å². The molecule has 1 aromatic carbocycles. The van der Waals surface area contributed by atoms with Crippen molar-refractivity contribution in [3.8, 4) is 17.5 Å². The number of benzene rings is 1. The van der Waals surface area contributed by atoms with E-state index in [1.54, 1.807) is 43.0 Å². The Morgan fingerprint density at radius 2 is 2.26 bits per heavy atom. The highest BCUT2D eigenvalue weighted by molar-refractivity contribution is 9.10. The Kier molecular flexibility index (Phi) is 6.72. The fourth-order valence-corrected chi connectivity index (χ4v) is 4.68. The minimum Gasteiger partial charge on any atom is -0.491 e. The number of ether oxygens (including phenoxy) is 1. The second kappa shape index (κ2) is 9.56. The summed E-state index contributed by atoms with van der Waals surface area (Å²) in [5, 5.41) is 30.4. The van der Waals surface area contributed by atoms with Crippen LogP contribution in [0.2, 0.25) is 0 Å². The van der Waals surface area contributed by atoms with Crippen LogP contribution < -0.4 is 15.4 Å². The molecule has 3 atom stereocenters. The van der Waals surface area contributed by atoms with Gasteiger partial charge in [-0.3, -0.25) is 4.79 Å². The fourth-order valence-electron chi connectivity index (χ4n) is 4.24. The molecule has 10 nitrogen and oxygen atoms in total. The number of nitrogens with zero attached hydrogens (tertiary/aromatic N) is 5. The predicted molar refractivity (Wildman–Crippen MR) is 130 cm³/mol. The first-order chi connectivity index (χ1) is 16.2. The van der Waals surface area contributed by atoms with E-state index < -0.39 is 11.5 Å². The quantitative estimate of drug-likeness (QED) is 0.426. The molecule has 178 valence electrons. The van der Waals surface area contributed by atoms with Crippen molar-refractivity contribution in [3.05, 3.63) is 34.6 Å². The van der Waals surface area contributed by atoms with Crippen LogP contribution in [0.1, 0.15) is 38.7 Å². The lowest BCUT2D eigenvalue weighted by Gasteiger charge is -2.22. The van der Waals surface area contributed by atoms with E-state index in [-0.39, 0.29) is 18.6 Å². The number of amides is 1. The van der Waals surface area contributed by atoms with Gasteiger partial charge in [-0.1, -0.05) is 6.92 Å². The van der Waals surface area contributed by atoms with Crippen LogP contribution >= 0.6 is 15.9 Å². The molecular weight excluding hydrogens is 502 g/mol. The molecule has 1 aliphatic carbocycles. The normalized spacial score (nSPS) is 20.6. The molecule has 3 N–H and O–H groups in total. The van der Waals surface area contributed by atoms with E-state index in [9.17, 15) is 15.2 Å². The van der Waals surface area contributed by atoms with Gasteiger partial charge in [-0.2, -0.15) is 15.3 Å². The molecule has 1 amide bonds. The number of carbonyl (C=O) groups excluding carboxylic acids is 1. The third kappa shape index (κ3) is 4.83. The van der Waals surface area contributed by atoms with Gasteiger partial charge in [0, 0.05) is 30.8 Å². The Balaban J connectivity index is 1.65. The molecule has 1 saturated carbocycles. The van der Waals surface area contributed by atoms with Gasteiger partial charge in [-0.05, 0) is 54.2 Å². The van der Waals surface area contributed by atoms with Crippen LogP contribution in [-0.2, 0) is 4.79 Å². The minimum absolute atomic E-state index is 0.0427. The van der Waals surface area contributed by atoms with Crippen LogP contribution in [0.25, 0.3) is 16.7 Å². The summed E-state index contributed by atoms with van der Waals surface area (Å²) in [6.07, 6.45) is 3.35. The van der Waals surface area contributed by atoms with Gasteiger partial charge in [-0.25, -0.2) is 9.67 Å². The number of rotatable bonds is 7. The first kappa shape index (κ1) is 23.9. The van der Waals surface area contributed by atoms with Gasteiger partial charge in [-0.15, -0.1) is 0 Å². The summed E-state index contributed by atoms with van der Waals surface area (Å²) < 4.78 is 7.80. The van der Waals surface area contributed by atoms with Gasteiger partial charge in [0.1, 0.15) is 17.0 Å². The topological polar surface area (TPSA) is 138 Å². The molecule has 1 unspecified atom stereocenters. The summed E-state index contributed by atoms with van der Waals surface area (Å²) in [5.41, 5.74) is 1.12. The number of halogens is 1. The van der Waals surface area contributed by atoms with Crippen LogP contribution in [0.5, 0.6) is 5.75 Å². The molecule has 1 fully saturated rings. The number of nitrogens with one attached hydrogen (secondary N) is 2. The van der Waals surface area contributed by atoms with Gasteiger partial charge in [0.25, 0.3) is 0 Å². The molecule has 1 aliphatic rings. The maximum absolute atomic E-state index is 12.2. The predicted octanol–water partition coefficient (Wildman–Crippen LogP) is 2.93. The molecule has 11 heteroatoms. The van der Waals surface area contributed by atoms with Gasteiger partial charge in [0.2, 0.25) is 11.9 Å². The second-order valence-corrected chi connectivity index (χ2v) is 9.60. The number of nitriles is 1. The Labute approximate surface area is 205 Å². The summed E-state index contributed by atoms with van der Waals surface area (Å²) in [7, 11) is 1.66. The van der Waals surface area contributed by atoms with E-state index in [0.717, 1.165) is 12.8 Å². The number of aromatic nitrogens is 4. The lowest BCUT2D eigenvalue weighted by Crippen LogP contribution is -2.35. The first-order valence-corrected chi connectivity index (χ1v) is 11.8. The molecule has 0 spiro atoms. The van der Waals surface area contributed by atoms with E-state index in [2.05, 4.69) is 42.7 Å². The fraction of sp³-hybridized carbons (Fsp3) is 0.435. The smallest absolute Gasteiger partial charge is 0.225 e. The maximum Gasteiger partial charge on any atom is 0.225 e. The van der Waals surface area contributed by atoms with Crippen LogP contribution in [0.3, 0.4) is 0 Å². The molecular formula is C23H26BrN7O3. The molecule has 0 radical (unpaired) electrons. The van der Waals surface area contributed by atoms with E-state index >= 15 is 0 Å². The third-order valence-electron chi connectivity index (χ3n) is 5.99. The van der Waals surface area contributed by atoms with Crippen LogP contribution in [0.4, 0.5) is 5.95 Å². The average molecular weight is 528 g/mol. The van der Waals surface area contributed by atoms with Crippen molar-refractivity contribution in [1.82, 2.24) is 25.1 Å². The Morgan fingerprint density at radius 1 is 1.47 bits per heavy atom. The van der Waals surface area contributed by atoms with E-state index in [1.807, 2.05) is 6.92 Å². The molecule has 0 bridgehead atoms. The van der Waals surface area contributed by atoms with Crippen LogP contribution in [-0.4, -0.2) is 56.6 Å². The zero-order valence-electron chi connectivity index (χ0n) is 19.2. The summed E-state index contributed by atoms with van der Waals surface area (Å²) in [6.45, 7) is 3.70. The monoisotopic (exact) mass is 527 g/mol. The molecule has 0 saturated heterocycles. The summed E-state index contributed by atoms with van der Waals surface area (Å²) in [6, 6.07) is 7.24. The molecule has 4 rings (SSSR count). The highest BCUT2D eigenvalue weighted by Gasteiger charge is 2.40. The Bertz CT molecular complexity index is 1270. The minimum atomic E-state index is -0.643. The van der Waals surface area contributed by atoms with Crippen molar-refractivity contribution in [2.45, 2.75) is 45.3 Å². The highest BCUT2D eigenvalue weighted by atomic mass is 79.9. The van der Waals surface area contributed by atoms with Crippen molar-refractivity contribution >= 4 is 38.8 Å². The summed E-state index contributed by atoms with van der Waals surface area (Å²) >= 11 is 3.46. The summed E-state index contributed by atoms with van der Waals surface area (Å²) in [5.74, 6) is 0.928. The SMILES string of the molecule is CNC(=O)[C@]1(C)CC[C@@H](Nc2ncc3c(Br)nn(-c4cc(C#N)cc(OCC(C)O)c4)c3n2)C1. The first-order valence-electron chi connectivity index (χ1n) is 11.0. The van der Waals surface area contributed by atoms with Gasteiger partial charge < -0.3 is 20.5 Å². The average Bonchev–Trinajstić information content (AvgIpc) is 3.37. The number of fused-ring (bicyclic) bond motifs is 1. The van der Waals surface area contributed by atoms with Gasteiger partial charge in [0.05, 0.1) is 28.8 Å². The molecule has 3 aromatic rings. The van der Waals surface area contributed by atoms with E-state index in [0.29, 0.717) is 45.0 Å². The van der Waals surface area contributed by atoms with Crippen LogP contribution in [0.15, 0.2) is 29.0 Å². The Hall–Kier alpha value is -3.23. The van der Waals surface area contributed by atoms with Crippen molar-refractivity contribution in [2.24, 2.45) is 5.41 Å². The van der Waals surface area contributed by atoms with Crippen molar-refractivity contribution < 1.29 is 14.6 Å². The standard InChI is InChI=1S/C23H26BrN7O3/c1-13(32)12-34-17-7-14(10-25)6-16(8-17)31-20-18(19(24)30-31)11-27-22(29-20)28-15-4-5-23(2,9-15)21(33)26-3/h6-8,11,13,15,32H,4-5,9,12H2,1-3H3,(H,26,33)(H,27,28,29)/t13?,15-,23-/m1/s1. The largest absolute Gasteiger partial charge is 0.491 e. The molecule has 0 aliphatic heterocycles. The second-order valence-electron chi connectivity index (χ2n) is 8.84. The van der Waals surface area contributed by atoms with Gasteiger partial charge >= 0.3 is 0 Å². The molecule has 34 heavy (non-hydrogen) atoms. The third-order valence-corrected chi connectivity index (χ3v) is 6.57. The van der Waals surface area contributed by atoms with Crippen molar-refractivity contribution in [1.29, 1.82) is 5.26 Å². The van der Waals surface area contributed by atoms with Crippen molar-refractivity contribution in [3.63, 3.8) is 0 Å².